The van der Waals surface area contributed by atoms with E-state index in [1.807, 2.05) is 0 Å². The van der Waals surface area contributed by atoms with Crippen molar-refractivity contribution in [3.8, 4) is 0 Å². The highest BCUT2D eigenvalue weighted by Gasteiger charge is 2.12. The number of hydrogen-bond donors (Lipinski definition) is 1. The minimum atomic E-state index is -0.502. The van der Waals surface area contributed by atoms with E-state index in [0.29, 0.717) is 18.0 Å². The number of carbonyl (C=O) groups is 1. The SMILES string of the molecule is CCC(CC)CNC(=O)c1cccc([N+](=O)[O-])c1. The lowest BCUT2D eigenvalue weighted by molar-refractivity contribution is -0.384. The zero-order chi connectivity index (χ0) is 13.5. The molecule has 0 aliphatic rings. The van der Waals surface area contributed by atoms with Gasteiger partial charge in [-0.25, -0.2) is 0 Å². The van der Waals surface area contributed by atoms with E-state index in [2.05, 4.69) is 19.2 Å². The van der Waals surface area contributed by atoms with Gasteiger partial charge in [0.05, 0.1) is 4.92 Å². The third-order valence-electron chi connectivity index (χ3n) is 3.03. The van der Waals surface area contributed by atoms with E-state index in [-0.39, 0.29) is 11.6 Å². The Morgan fingerprint density at radius 2 is 2.06 bits per heavy atom. The van der Waals surface area contributed by atoms with Crippen molar-refractivity contribution in [1.29, 1.82) is 0 Å². The highest BCUT2D eigenvalue weighted by atomic mass is 16.6. The summed E-state index contributed by atoms with van der Waals surface area (Å²) < 4.78 is 0. The first-order valence-electron chi connectivity index (χ1n) is 6.11. The number of carbonyl (C=O) groups excluding carboxylic acids is 1. The number of nitro groups is 1. The van der Waals surface area contributed by atoms with Gasteiger partial charge < -0.3 is 5.32 Å². The van der Waals surface area contributed by atoms with Gasteiger partial charge in [-0.15, -0.1) is 0 Å². The molecule has 5 nitrogen and oxygen atoms in total. The summed E-state index contributed by atoms with van der Waals surface area (Å²) in [5.41, 5.74) is 0.264. The van der Waals surface area contributed by atoms with Crippen LogP contribution in [0.5, 0.6) is 0 Å². The number of nitrogens with one attached hydrogen (secondary N) is 1. The summed E-state index contributed by atoms with van der Waals surface area (Å²) in [7, 11) is 0. The minimum absolute atomic E-state index is 0.0646. The second-order valence-corrected chi connectivity index (χ2v) is 4.20. The Morgan fingerprint density at radius 1 is 1.39 bits per heavy atom. The fourth-order valence-corrected chi connectivity index (χ4v) is 1.68. The minimum Gasteiger partial charge on any atom is -0.352 e. The predicted molar refractivity (Wildman–Crippen MR) is 69.5 cm³/mol. The molecule has 0 atom stereocenters. The molecule has 5 heteroatoms. The molecule has 1 N–H and O–H groups in total. The number of non-ortho nitro benzene ring substituents is 1. The molecule has 0 bridgehead atoms. The van der Waals surface area contributed by atoms with Crippen LogP contribution in [0.2, 0.25) is 0 Å². The third-order valence-corrected chi connectivity index (χ3v) is 3.03. The lowest BCUT2D eigenvalue weighted by atomic mass is 10.0. The van der Waals surface area contributed by atoms with Crippen molar-refractivity contribution in [1.82, 2.24) is 5.32 Å². The number of nitrogens with zero attached hydrogens (tertiary/aromatic N) is 1. The van der Waals surface area contributed by atoms with Crippen molar-refractivity contribution >= 4 is 11.6 Å². The molecule has 0 heterocycles. The van der Waals surface area contributed by atoms with Crippen LogP contribution in [0.1, 0.15) is 37.0 Å². The molecule has 0 radical (unpaired) electrons. The molecular formula is C13H18N2O3. The maximum atomic E-state index is 11.8. The Bertz CT molecular complexity index is 428. The smallest absolute Gasteiger partial charge is 0.270 e. The molecule has 0 saturated heterocycles. The van der Waals surface area contributed by atoms with Crippen LogP contribution in [-0.4, -0.2) is 17.4 Å². The molecule has 0 aliphatic heterocycles. The molecule has 0 saturated carbocycles. The summed E-state index contributed by atoms with van der Waals surface area (Å²) in [4.78, 5) is 21.9. The summed E-state index contributed by atoms with van der Waals surface area (Å²) in [5, 5.41) is 13.4. The highest BCUT2D eigenvalue weighted by Crippen LogP contribution is 2.13. The van der Waals surface area contributed by atoms with Crippen LogP contribution < -0.4 is 5.32 Å². The number of amides is 1. The van der Waals surface area contributed by atoms with E-state index in [0.717, 1.165) is 12.8 Å². The zero-order valence-electron chi connectivity index (χ0n) is 10.7. The van der Waals surface area contributed by atoms with Gasteiger partial charge in [0.15, 0.2) is 0 Å². The van der Waals surface area contributed by atoms with Crippen LogP contribution in [0.3, 0.4) is 0 Å². The van der Waals surface area contributed by atoms with Crippen molar-refractivity contribution in [3.05, 3.63) is 39.9 Å². The van der Waals surface area contributed by atoms with Gasteiger partial charge in [-0.05, 0) is 12.0 Å². The quantitative estimate of drug-likeness (QED) is 0.623. The second-order valence-electron chi connectivity index (χ2n) is 4.20. The average Bonchev–Trinajstić information content (AvgIpc) is 2.39. The summed E-state index contributed by atoms with van der Waals surface area (Å²) in [6.45, 7) is 4.76. The first kappa shape index (κ1) is 14.2. The summed E-state index contributed by atoms with van der Waals surface area (Å²) in [5.74, 6) is 0.193. The second kappa shape index (κ2) is 6.74. The van der Waals surface area contributed by atoms with Gasteiger partial charge in [0.25, 0.3) is 11.6 Å². The Kier molecular flexibility index (Phi) is 5.30. The van der Waals surface area contributed by atoms with Crippen molar-refractivity contribution in [2.75, 3.05) is 6.54 Å². The van der Waals surface area contributed by atoms with Crippen LogP contribution in [0.4, 0.5) is 5.69 Å². The normalized spacial score (nSPS) is 10.4. The van der Waals surface area contributed by atoms with Crippen LogP contribution in [-0.2, 0) is 0 Å². The Labute approximate surface area is 106 Å². The van der Waals surface area contributed by atoms with E-state index in [1.165, 1.54) is 18.2 Å². The lowest BCUT2D eigenvalue weighted by Crippen LogP contribution is -2.28. The van der Waals surface area contributed by atoms with E-state index in [1.54, 1.807) is 6.07 Å². The molecular weight excluding hydrogens is 232 g/mol. The average molecular weight is 250 g/mol. The van der Waals surface area contributed by atoms with Gasteiger partial charge in [-0.3, -0.25) is 14.9 Å². The zero-order valence-corrected chi connectivity index (χ0v) is 10.7. The maximum Gasteiger partial charge on any atom is 0.270 e. The molecule has 0 aromatic heterocycles. The standard InChI is InChI=1S/C13H18N2O3/c1-3-10(4-2)9-14-13(16)11-6-5-7-12(8-11)15(17)18/h5-8,10H,3-4,9H2,1-2H3,(H,14,16). The summed E-state index contributed by atoms with van der Waals surface area (Å²) >= 11 is 0. The topological polar surface area (TPSA) is 72.2 Å². The number of nitro benzene ring substituents is 1. The molecule has 0 unspecified atom stereocenters. The number of benzene rings is 1. The molecule has 18 heavy (non-hydrogen) atoms. The highest BCUT2D eigenvalue weighted by molar-refractivity contribution is 5.94. The fourth-order valence-electron chi connectivity index (χ4n) is 1.68. The molecule has 0 fully saturated rings. The van der Waals surface area contributed by atoms with Crippen molar-refractivity contribution in [2.45, 2.75) is 26.7 Å². The largest absolute Gasteiger partial charge is 0.352 e. The van der Waals surface area contributed by atoms with Gasteiger partial charge in [0, 0.05) is 24.2 Å². The van der Waals surface area contributed by atoms with Crippen LogP contribution in [0.25, 0.3) is 0 Å². The van der Waals surface area contributed by atoms with Gasteiger partial charge >= 0.3 is 0 Å². The maximum absolute atomic E-state index is 11.8. The van der Waals surface area contributed by atoms with Crippen molar-refractivity contribution in [2.24, 2.45) is 5.92 Å². The number of hydrogen-bond acceptors (Lipinski definition) is 3. The Balaban J connectivity index is 2.67. The Morgan fingerprint density at radius 3 is 2.61 bits per heavy atom. The van der Waals surface area contributed by atoms with Crippen LogP contribution in [0, 0.1) is 16.0 Å². The fraction of sp³-hybridized carbons (Fsp3) is 0.462. The van der Waals surface area contributed by atoms with Gasteiger partial charge in [0.1, 0.15) is 0 Å². The summed E-state index contributed by atoms with van der Waals surface area (Å²) in [6.07, 6.45) is 2.01. The van der Waals surface area contributed by atoms with E-state index < -0.39 is 4.92 Å². The monoisotopic (exact) mass is 250 g/mol. The van der Waals surface area contributed by atoms with Crippen molar-refractivity contribution < 1.29 is 9.72 Å². The Hall–Kier alpha value is -1.91. The van der Waals surface area contributed by atoms with E-state index >= 15 is 0 Å². The lowest BCUT2D eigenvalue weighted by Gasteiger charge is -2.13. The van der Waals surface area contributed by atoms with Crippen LogP contribution in [0.15, 0.2) is 24.3 Å². The molecule has 1 aromatic rings. The van der Waals surface area contributed by atoms with E-state index in [4.69, 9.17) is 0 Å². The molecule has 1 rings (SSSR count). The number of rotatable bonds is 6. The van der Waals surface area contributed by atoms with E-state index in [9.17, 15) is 14.9 Å². The van der Waals surface area contributed by atoms with Crippen LogP contribution >= 0.6 is 0 Å². The molecule has 1 aromatic carbocycles. The van der Waals surface area contributed by atoms with Gasteiger partial charge in [-0.1, -0.05) is 32.8 Å². The van der Waals surface area contributed by atoms with Gasteiger partial charge in [0.2, 0.25) is 0 Å². The molecule has 1 amide bonds. The molecule has 0 spiro atoms. The summed E-state index contributed by atoms with van der Waals surface area (Å²) in [6, 6.07) is 5.76. The van der Waals surface area contributed by atoms with Crippen molar-refractivity contribution in [3.63, 3.8) is 0 Å². The third kappa shape index (κ3) is 3.84. The predicted octanol–water partition coefficient (Wildman–Crippen LogP) is 2.76. The molecule has 0 aliphatic carbocycles. The molecule has 98 valence electrons. The first-order chi connectivity index (χ1) is 8.58. The van der Waals surface area contributed by atoms with Gasteiger partial charge in [-0.2, -0.15) is 0 Å². The first-order valence-corrected chi connectivity index (χ1v) is 6.11.